The van der Waals surface area contributed by atoms with Gasteiger partial charge in [-0.1, -0.05) is 53.5 Å². The molecule has 0 spiro atoms. The van der Waals surface area contributed by atoms with E-state index in [9.17, 15) is 28.3 Å². The van der Waals surface area contributed by atoms with E-state index >= 15 is 0 Å². The van der Waals surface area contributed by atoms with Gasteiger partial charge in [-0.25, -0.2) is 23.5 Å². The average Bonchev–Trinajstić information content (AvgIpc) is 3.62. The first-order chi connectivity index (χ1) is 23.9. The van der Waals surface area contributed by atoms with Crippen molar-refractivity contribution in [3.8, 4) is 28.3 Å². The minimum Gasteiger partial charge on any atom is -0.481 e. The van der Waals surface area contributed by atoms with E-state index in [2.05, 4.69) is 25.2 Å². The lowest BCUT2D eigenvalue weighted by Crippen LogP contribution is -2.37. The molecule has 7 rings (SSSR count). The van der Waals surface area contributed by atoms with Crippen molar-refractivity contribution < 1.29 is 23.4 Å². The molecule has 2 aliphatic rings. The van der Waals surface area contributed by atoms with E-state index in [4.69, 9.17) is 27.9 Å². The fourth-order valence-corrected chi connectivity index (χ4v) is 7.43. The van der Waals surface area contributed by atoms with Crippen LogP contribution >= 0.6 is 23.2 Å². The lowest BCUT2D eigenvalue weighted by Gasteiger charge is -2.19. The fourth-order valence-electron chi connectivity index (χ4n) is 6.83. The van der Waals surface area contributed by atoms with Gasteiger partial charge in [-0.05, 0) is 24.0 Å². The number of fused-ring (bicyclic) bond motifs is 2. The largest absolute Gasteiger partial charge is 0.481 e. The van der Waals surface area contributed by atoms with Gasteiger partial charge >= 0.3 is 11.7 Å². The number of ether oxygens (including phenoxy) is 1. The Hall–Kier alpha value is -4.92. The minimum absolute atomic E-state index is 0.0136. The molecule has 1 saturated heterocycles. The average molecular weight is 725 g/mol. The lowest BCUT2D eigenvalue weighted by molar-refractivity contribution is -0.139. The topological polar surface area (TPSA) is 144 Å². The number of alkyl halides is 2. The van der Waals surface area contributed by atoms with Crippen molar-refractivity contribution in [1.82, 2.24) is 29.0 Å². The molecule has 2 fully saturated rings. The van der Waals surface area contributed by atoms with Crippen molar-refractivity contribution in [2.24, 2.45) is 31.8 Å². The van der Waals surface area contributed by atoms with E-state index in [0.717, 1.165) is 15.2 Å². The molecular formula is C34H29Cl2F2N7O5. The number of aryl methyl sites for hydroxylation is 1. The van der Waals surface area contributed by atoms with Crippen LogP contribution in [0.4, 0.5) is 20.3 Å². The lowest BCUT2D eigenvalue weighted by atomic mass is 10.0. The van der Waals surface area contributed by atoms with Gasteiger partial charge in [0.15, 0.2) is 0 Å². The van der Waals surface area contributed by atoms with Crippen LogP contribution in [0.15, 0.2) is 58.3 Å². The summed E-state index contributed by atoms with van der Waals surface area (Å²) < 4.78 is 35.3. The maximum absolute atomic E-state index is 13.9. The van der Waals surface area contributed by atoms with Gasteiger partial charge in [-0.3, -0.25) is 28.6 Å². The summed E-state index contributed by atoms with van der Waals surface area (Å²) in [5.41, 5.74) is 0.846. The van der Waals surface area contributed by atoms with Crippen molar-refractivity contribution >= 4 is 51.6 Å². The summed E-state index contributed by atoms with van der Waals surface area (Å²) in [5, 5.41) is 12.7. The number of rotatable bonds is 9. The van der Waals surface area contributed by atoms with Crippen LogP contribution in [0.1, 0.15) is 17.8 Å². The summed E-state index contributed by atoms with van der Waals surface area (Å²) in [7, 11) is 4.17. The van der Waals surface area contributed by atoms with Crippen molar-refractivity contribution in [2.45, 2.75) is 13.0 Å². The fraction of sp³-hybridized carbons (Fsp3) is 0.294. The molecule has 2 unspecified atom stereocenters. The van der Waals surface area contributed by atoms with Crippen LogP contribution < -0.4 is 21.3 Å². The second-order valence-electron chi connectivity index (χ2n) is 12.4. The number of carboxylic acid groups (broad SMARTS) is 1. The summed E-state index contributed by atoms with van der Waals surface area (Å²) in [6, 6.07) is 11.3. The summed E-state index contributed by atoms with van der Waals surface area (Å²) in [4.78, 5) is 52.6. The highest BCUT2D eigenvalue weighted by Crippen LogP contribution is 2.52. The van der Waals surface area contributed by atoms with Crippen LogP contribution in [0.3, 0.4) is 0 Å². The van der Waals surface area contributed by atoms with E-state index in [0.29, 0.717) is 58.6 Å². The van der Waals surface area contributed by atoms with Crippen molar-refractivity contribution in [1.29, 1.82) is 0 Å². The van der Waals surface area contributed by atoms with Crippen molar-refractivity contribution in [3.63, 3.8) is 0 Å². The molecule has 2 N–H and O–H groups in total. The number of methoxy groups -OCH3 is 1. The van der Waals surface area contributed by atoms with Gasteiger partial charge in [0.2, 0.25) is 5.88 Å². The molecule has 1 aliphatic carbocycles. The van der Waals surface area contributed by atoms with Gasteiger partial charge in [0.25, 0.3) is 12.0 Å². The zero-order chi connectivity index (χ0) is 35.6. The number of nitrogens with zero attached hydrogens (tertiary/aromatic N) is 6. The standard InChI is InChI=1S/C34H29Cl2F2N7O5/c1-43-24-10-21(29(37)38)41-30(26(24)32(46)44(2)34(43)49)40-20-9-5-7-16(28(20)36)15-6-4-8-17(27(15)35)22-11-39-23(31(42-22)50-3)14-45-12-18-19(13-45)25(18)33(47)48/h4-11,18-19,25,29H,12-14H2,1-3H3,(H,40,41)(H,47,48). The summed E-state index contributed by atoms with van der Waals surface area (Å²) >= 11 is 13.9. The molecule has 0 amide bonds. The van der Waals surface area contributed by atoms with E-state index in [-0.39, 0.29) is 45.2 Å². The number of aromatic nitrogens is 5. The zero-order valence-electron chi connectivity index (χ0n) is 26.8. The van der Waals surface area contributed by atoms with E-state index in [1.807, 2.05) is 0 Å². The smallest absolute Gasteiger partial charge is 0.330 e. The molecule has 5 aromatic rings. The quantitative estimate of drug-likeness (QED) is 0.200. The van der Waals surface area contributed by atoms with Crippen molar-refractivity contribution in [3.05, 3.63) is 90.9 Å². The predicted octanol–water partition coefficient (Wildman–Crippen LogP) is 5.52. The second kappa shape index (κ2) is 12.8. The molecule has 0 bridgehead atoms. The van der Waals surface area contributed by atoms with Crippen LogP contribution in [0.25, 0.3) is 33.3 Å². The third kappa shape index (κ3) is 5.66. The van der Waals surface area contributed by atoms with Gasteiger partial charge < -0.3 is 15.2 Å². The Kier molecular flexibility index (Phi) is 8.57. The van der Waals surface area contributed by atoms with Crippen LogP contribution in [0.5, 0.6) is 5.88 Å². The summed E-state index contributed by atoms with van der Waals surface area (Å²) in [5.74, 6) is -0.556. The SMILES string of the molecule is COc1nc(-c2cccc(-c3cccc(Nc4nc(C(F)F)cc5c4c(=O)n(C)c(=O)n5C)c3Cl)c2Cl)cnc1CN1CC2C(C1)C2C(=O)O. The molecule has 12 nitrogen and oxygen atoms in total. The first-order valence-corrected chi connectivity index (χ1v) is 16.2. The Morgan fingerprint density at radius 1 is 1.02 bits per heavy atom. The molecule has 1 saturated carbocycles. The number of piperidine rings is 1. The van der Waals surface area contributed by atoms with Crippen LogP contribution in [-0.2, 0) is 25.4 Å². The Bertz CT molecular complexity index is 2320. The maximum atomic E-state index is 13.9. The molecule has 0 radical (unpaired) electrons. The highest BCUT2D eigenvalue weighted by atomic mass is 35.5. The number of hydrogen-bond acceptors (Lipinski definition) is 9. The molecule has 258 valence electrons. The normalized spacial score (nSPS) is 18.4. The predicted molar refractivity (Wildman–Crippen MR) is 183 cm³/mol. The van der Waals surface area contributed by atoms with Crippen LogP contribution in [0.2, 0.25) is 10.0 Å². The number of nitrogens with one attached hydrogen (secondary N) is 1. The molecule has 2 aromatic carbocycles. The van der Waals surface area contributed by atoms with Gasteiger partial charge in [-0.15, -0.1) is 0 Å². The molecule has 3 aromatic heterocycles. The third-order valence-corrected chi connectivity index (χ3v) is 10.3. The zero-order valence-corrected chi connectivity index (χ0v) is 28.3. The van der Waals surface area contributed by atoms with Crippen molar-refractivity contribution in [2.75, 3.05) is 25.5 Å². The number of carbonyl (C=O) groups is 1. The van der Waals surface area contributed by atoms with E-state index < -0.39 is 29.3 Å². The number of aliphatic carboxylic acids is 1. The molecule has 16 heteroatoms. The Morgan fingerprint density at radius 2 is 1.68 bits per heavy atom. The summed E-state index contributed by atoms with van der Waals surface area (Å²) in [6.07, 6.45) is -1.38. The van der Waals surface area contributed by atoms with Gasteiger partial charge in [0, 0.05) is 50.4 Å². The Balaban J connectivity index is 1.21. The molecule has 2 atom stereocenters. The molecule has 4 heterocycles. The van der Waals surface area contributed by atoms with Gasteiger partial charge in [0.05, 0.1) is 46.2 Å². The highest BCUT2D eigenvalue weighted by molar-refractivity contribution is 6.39. The second-order valence-corrected chi connectivity index (χ2v) is 13.1. The van der Waals surface area contributed by atoms with E-state index in [1.54, 1.807) is 42.6 Å². The molecule has 50 heavy (non-hydrogen) atoms. The third-order valence-electron chi connectivity index (χ3n) is 9.45. The number of anilines is 2. The highest BCUT2D eigenvalue weighted by Gasteiger charge is 2.59. The first-order valence-electron chi connectivity index (χ1n) is 15.5. The first kappa shape index (κ1) is 33.6. The number of likely N-dealkylation sites (tertiary alicyclic amines) is 1. The monoisotopic (exact) mass is 723 g/mol. The number of pyridine rings is 1. The van der Waals surface area contributed by atoms with Crippen LogP contribution in [0, 0.1) is 17.8 Å². The number of halogens is 4. The maximum Gasteiger partial charge on any atom is 0.330 e. The number of carboxylic acids is 1. The van der Waals surface area contributed by atoms with Gasteiger partial charge in [-0.2, -0.15) is 0 Å². The minimum atomic E-state index is -2.98. The number of hydrogen-bond donors (Lipinski definition) is 2. The number of benzene rings is 2. The van der Waals surface area contributed by atoms with Crippen LogP contribution in [-0.4, -0.2) is 60.3 Å². The molecular weight excluding hydrogens is 695 g/mol. The van der Waals surface area contributed by atoms with E-state index in [1.165, 1.54) is 21.2 Å². The van der Waals surface area contributed by atoms with Gasteiger partial charge in [0.1, 0.15) is 22.6 Å². The molecule has 1 aliphatic heterocycles. The Labute approximate surface area is 292 Å². The summed E-state index contributed by atoms with van der Waals surface area (Å²) in [6.45, 7) is 1.82. The Morgan fingerprint density at radius 3 is 2.34 bits per heavy atom.